The monoisotopic (exact) mass is 221 g/mol. The first-order valence-corrected chi connectivity index (χ1v) is 6.20. The molecule has 1 aliphatic rings. The third-order valence-electron chi connectivity index (χ3n) is 3.99. The van der Waals surface area contributed by atoms with Gasteiger partial charge < -0.3 is 5.73 Å². The zero-order chi connectivity index (χ0) is 11.8. The second-order valence-corrected chi connectivity index (χ2v) is 5.96. The molecule has 0 bridgehead atoms. The van der Waals surface area contributed by atoms with Gasteiger partial charge in [0.1, 0.15) is 0 Å². The molecule has 3 nitrogen and oxygen atoms in total. The van der Waals surface area contributed by atoms with Gasteiger partial charge in [0.25, 0.3) is 0 Å². The number of aromatic nitrogens is 2. The molecule has 0 radical (unpaired) electrons. The quantitative estimate of drug-likeness (QED) is 0.832. The Kier molecular flexibility index (Phi) is 3.06. The molecule has 16 heavy (non-hydrogen) atoms. The first kappa shape index (κ1) is 11.6. The fourth-order valence-corrected chi connectivity index (χ4v) is 2.95. The molecule has 2 rings (SSSR count). The molecule has 2 atom stereocenters. The van der Waals surface area contributed by atoms with E-state index in [1.165, 1.54) is 24.8 Å². The van der Waals surface area contributed by atoms with E-state index in [9.17, 15) is 0 Å². The highest BCUT2D eigenvalue weighted by molar-refractivity contribution is 5.15. The summed E-state index contributed by atoms with van der Waals surface area (Å²) in [5, 5.41) is 4.28. The van der Waals surface area contributed by atoms with Crippen LogP contribution in [0.3, 0.4) is 0 Å². The van der Waals surface area contributed by atoms with Gasteiger partial charge in [-0.05, 0) is 48.6 Å². The van der Waals surface area contributed by atoms with Crippen molar-refractivity contribution in [3.05, 3.63) is 18.0 Å². The molecule has 0 amide bonds. The molecule has 90 valence electrons. The molecule has 3 heteroatoms. The zero-order valence-electron chi connectivity index (χ0n) is 10.6. The Hall–Kier alpha value is -0.830. The summed E-state index contributed by atoms with van der Waals surface area (Å²) in [5.41, 5.74) is 7.72. The SMILES string of the molecule is Cn1cc(C2CC(C)(C)CCC2CN)cn1. The first-order chi connectivity index (χ1) is 7.52. The molecule has 2 unspecified atom stereocenters. The average Bonchev–Trinajstić information content (AvgIpc) is 2.64. The Labute approximate surface area is 98.0 Å². The largest absolute Gasteiger partial charge is 0.330 e. The molecule has 1 aromatic heterocycles. The van der Waals surface area contributed by atoms with Crippen LogP contribution < -0.4 is 5.73 Å². The summed E-state index contributed by atoms with van der Waals surface area (Å²) in [6.07, 6.45) is 7.94. The maximum absolute atomic E-state index is 5.90. The Morgan fingerprint density at radius 1 is 1.56 bits per heavy atom. The van der Waals surface area contributed by atoms with Crippen LogP contribution in [0.4, 0.5) is 0 Å². The van der Waals surface area contributed by atoms with Crippen LogP contribution in [0.5, 0.6) is 0 Å². The van der Waals surface area contributed by atoms with E-state index < -0.39 is 0 Å². The number of hydrogen-bond acceptors (Lipinski definition) is 2. The predicted molar refractivity (Wildman–Crippen MR) is 66.1 cm³/mol. The number of rotatable bonds is 2. The Morgan fingerprint density at radius 2 is 2.31 bits per heavy atom. The lowest BCUT2D eigenvalue weighted by Crippen LogP contribution is -2.32. The van der Waals surface area contributed by atoms with Gasteiger partial charge in [-0.15, -0.1) is 0 Å². The number of nitrogens with zero attached hydrogens (tertiary/aromatic N) is 2. The number of aryl methyl sites for hydroxylation is 1. The van der Waals surface area contributed by atoms with E-state index in [0.29, 0.717) is 17.3 Å². The highest BCUT2D eigenvalue weighted by atomic mass is 15.2. The lowest BCUT2D eigenvalue weighted by Gasteiger charge is -2.40. The van der Waals surface area contributed by atoms with Crippen molar-refractivity contribution in [2.24, 2.45) is 24.1 Å². The van der Waals surface area contributed by atoms with Crippen molar-refractivity contribution in [3.8, 4) is 0 Å². The van der Waals surface area contributed by atoms with Crippen molar-refractivity contribution in [1.29, 1.82) is 0 Å². The highest BCUT2D eigenvalue weighted by Crippen LogP contribution is 2.46. The number of nitrogens with two attached hydrogens (primary N) is 1. The van der Waals surface area contributed by atoms with Gasteiger partial charge in [-0.2, -0.15) is 5.10 Å². The minimum atomic E-state index is 0.451. The molecule has 1 saturated carbocycles. The van der Waals surface area contributed by atoms with E-state index in [2.05, 4.69) is 25.1 Å². The fourth-order valence-electron chi connectivity index (χ4n) is 2.95. The van der Waals surface area contributed by atoms with Crippen LogP contribution >= 0.6 is 0 Å². The smallest absolute Gasteiger partial charge is 0.0524 e. The van der Waals surface area contributed by atoms with E-state index in [-0.39, 0.29) is 0 Å². The minimum absolute atomic E-state index is 0.451. The lowest BCUT2D eigenvalue weighted by molar-refractivity contribution is 0.165. The van der Waals surface area contributed by atoms with Gasteiger partial charge in [-0.25, -0.2) is 0 Å². The molecule has 1 aliphatic carbocycles. The summed E-state index contributed by atoms with van der Waals surface area (Å²) in [6, 6.07) is 0. The third-order valence-corrected chi connectivity index (χ3v) is 3.99. The second kappa shape index (κ2) is 4.21. The van der Waals surface area contributed by atoms with E-state index >= 15 is 0 Å². The zero-order valence-corrected chi connectivity index (χ0v) is 10.6. The van der Waals surface area contributed by atoms with E-state index in [1.807, 2.05) is 17.9 Å². The number of hydrogen-bond donors (Lipinski definition) is 1. The molecule has 1 fully saturated rings. The second-order valence-electron chi connectivity index (χ2n) is 5.96. The van der Waals surface area contributed by atoms with Gasteiger partial charge in [0.05, 0.1) is 6.20 Å². The summed E-state index contributed by atoms with van der Waals surface area (Å²) < 4.78 is 1.89. The molecule has 1 heterocycles. The Morgan fingerprint density at radius 3 is 2.88 bits per heavy atom. The first-order valence-electron chi connectivity index (χ1n) is 6.20. The molecule has 0 saturated heterocycles. The summed E-state index contributed by atoms with van der Waals surface area (Å²) in [6.45, 7) is 5.53. The summed E-state index contributed by atoms with van der Waals surface area (Å²) in [7, 11) is 1.98. The van der Waals surface area contributed by atoms with E-state index in [1.54, 1.807) is 0 Å². The minimum Gasteiger partial charge on any atom is -0.330 e. The summed E-state index contributed by atoms with van der Waals surface area (Å²) >= 11 is 0. The van der Waals surface area contributed by atoms with Gasteiger partial charge in [0, 0.05) is 13.2 Å². The molecular formula is C13H23N3. The summed E-state index contributed by atoms with van der Waals surface area (Å²) in [5.74, 6) is 1.24. The van der Waals surface area contributed by atoms with Crippen LogP contribution in [0, 0.1) is 11.3 Å². The van der Waals surface area contributed by atoms with Crippen LogP contribution in [0.15, 0.2) is 12.4 Å². The summed E-state index contributed by atoms with van der Waals surface area (Å²) in [4.78, 5) is 0. The molecule has 0 spiro atoms. The predicted octanol–water partition coefficient (Wildman–Crippen LogP) is 2.29. The van der Waals surface area contributed by atoms with Crippen molar-refractivity contribution >= 4 is 0 Å². The van der Waals surface area contributed by atoms with Crippen LogP contribution in [-0.2, 0) is 7.05 Å². The van der Waals surface area contributed by atoms with Crippen LogP contribution in [0.1, 0.15) is 44.6 Å². The maximum atomic E-state index is 5.90. The van der Waals surface area contributed by atoms with Crippen molar-refractivity contribution < 1.29 is 0 Å². The fraction of sp³-hybridized carbons (Fsp3) is 0.769. The van der Waals surface area contributed by atoms with Gasteiger partial charge in [0.2, 0.25) is 0 Å². The van der Waals surface area contributed by atoms with Crippen LogP contribution in [0.25, 0.3) is 0 Å². The van der Waals surface area contributed by atoms with Crippen molar-refractivity contribution in [2.75, 3.05) is 6.54 Å². The van der Waals surface area contributed by atoms with Crippen molar-refractivity contribution in [2.45, 2.75) is 39.0 Å². The Bertz CT molecular complexity index is 354. The topological polar surface area (TPSA) is 43.8 Å². The highest BCUT2D eigenvalue weighted by Gasteiger charge is 2.35. The third kappa shape index (κ3) is 2.29. The van der Waals surface area contributed by atoms with Gasteiger partial charge in [-0.3, -0.25) is 4.68 Å². The molecule has 0 aromatic carbocycles. The molecule has 0 aliphatic heterocycles. The van der Waals surface area contributed by atoms with Crippen molar-refractivity contribution in [3.63, 3.8) is 0 Å². The van der Waals surface area contributed by atoms with Crippen molar-refractivity contribution in [1.82, 2.24) is 9.78 Å². The standard InChI is InChI=1S/C13H23N3/c1-13(2)5-4-10(7-14)12(6-13)11-8-15-16(3)9-11/h8-10,12H,4-7,14H2,1-3H3. The van der Waals surface area contributed by atoms with Crippen LogP contribution in [0.2, 0.25) is 0 Å². The normalized spacial score (nSPS) is 29.2. The molecule has 2 N–H and O–H groups in total. The van der Waals surface area contributed by atoms with Crippen LogP contribution in [-0.4, -0.2) is 16.3 Å². The van der Waals surface area contributed by atoms with E-state index in [4.69, 9.17) is 5.73 Å². The van der Waals surface area contributed by atoms with E-state index in [0.717, 1.165) is 6.54 Å². The Balaban J connectivity index is 2.21. The van der Waals surface area contributed by atoms with Gasteiger partial charge in [-0.1, -0.05) is 13.8 Å². The molecular weight excluding hydrogens is 198 g/mol. The molecule has 1 aromatic rings. The maximum Gasteiger partial charge on any atom is 0.0524 e. The average molecular weight is 221 g/mol. The van der Waals surface area contributed by atoms with Gasteiger partial charge in [0.15, 0.2) is 0 Å². The van der Waals surface area contributed by atoms with Gasteiger partial charge >= 0.3 is 0 Å². The lowest BCUT2D eigenvalue weighted by atomic mass is 9.65.